The minimum Gasteiger partial charge on any atom is -0.309 e. The summed E-state index contributed by atoms with van der Waals surface area (Å²) >= 11 is 0. The van der Waals surface area contributed by atoms with E-state index >= 15 is 0 Å². The van der Waals surface area contributed by atoms with Gasteiger partial charge >= 0.3 is 0 Å². The molecule has 18 aromatic carbocycles. The molecular formula is C112H64N12. The predicted octanol–water partition coefficient (Wildman–Crippen LogP) is 30.0. The van der Waals surface area contributed by atoms with Gasteiger partial charge in [0.1, 0.15) is 0 Å². The largest absolute Gasteiger partial charge is 0.309 e. The molecule has 4 heterocycles. The van der Waals surface area contributed by atoms with Crippen LogP contribution in [-0.4, -0.2) is 18.3 Å². The van der Waals surface area contributed by atoms with E-state index in [9.17, 15) is 21.0 Å². The lowest BCUT2D eigenvalue weighted by atomic mass is 9.83. The monoisotopic (exact) mass is 1580 g/mol. The maximum absolute atomic E-state index is 9.88. The summed E-state index contributed by atoms with van der Waals surface area (Å²) in [5.74, 6) is 0. The number of hydrogen-bond acceptors (Lipinski definition) is 4. The van der Waals surface area contributed by atoms with Crippen molar-refractivity contribution in [3.63, 3.8) is 0 Å². The zero-order chi connectivity index (χ0) is 84.4. The van der Waals surface area contributed by atoms with Gasteiger partial charge in [-0.15, -0.1) is 0 Å². The van der Waals surface area contributed by atoms with Crippen LogP contribution in [0.1, 0.15) is 44.5 Å². The van der Waals surface area contributed by atoms with Crippen molar-refractivity contribution in [2.75, 3.05) is 0 Å². The minimum absolute atomic E-state index is 0.550. The molecule has 0 fully saturated rings. The average Bonchev–Trinajstić information content (AvgIpc) is 1.09. The Balaban J connectivity index is 0.000000152. The number of benzene rings is 18. The molecule has 0 bridgehead atoms. The van der Waals surface area contributed by atoms with Crippen LogP contribution in [0.25, 0.3) is 217 Å². The van der Waals surface area contributed by atoms with Crippen molar-refractivity contribution in [1.82, 2.24) is 18.3 Å². The van der Waals surface area contributed by atoms with Crippen LogP contribution in [0.3, 0.4) is 0 Å². The summed E-state index contributed by atoms with van der Waals surface area (Å²) in [6.07, 6.45) is 0. The van der Waals surface area contributed by atoms with Gasteiger partial charge < -0.3 is 18.3 Å². The third-order valence-electron chi connectivity index (χ3n) is 24.7. The summed E-state index contributed by atoms with van der Waals surface area (Å²) in [7, 11) is 0. The second-order valence-corrected chi connectivity index (χ2v) is 31.8. The van der Waals surface area contributed by atoms with Crippen molar-refractivity contribution < 1.29 is 0 Å². The molecule has 0 unspecified atom stereocenters. The van der Waals surface area contributed by atoms with Crippen LogP contribution in [0.2, 0.25) is 0 Å². The molecule has 22 rings (SSSR count). The van der Waals surface area contributed by atoms with E-state index in [-0.39, 0.29) is 0 Å². The maximum Gasteiger partial charge on any atom is 0.188 e. The van der Waals surface area contributed by atoms with E-state index in [0.29, 0.717) is 45.0 Å². The number of nitriles is 4. The van der Waals surface area contributed by atoms with Crippen LogP contribution in [0.15, 0.2) is 315 Å². The van der Waals surface area contributed by atoms with Crippen LogP contribution in [0.5, 0.6) is 0 Å². The summed E-state index contributed by atoms with van der Waals surface area (Å²) < 4.78 is 9.00. The van der Waals surface area contributed by atoms with Crippen molar-refractivity contribution >= 4 is 153 Å². The lowest BCUT2D eigenvalue weighted by Crippen LogP contribution is -1.99. The highest BCUT2D eigenvalue weighted by atomic mass is 15.0. The number of fused-ring (bicyclic) bond motifs is 16. The standard InChI is InChI=1S/2C56H32N6/c1-33-7-5-9-37(23-33)55-43-17-15-42(62-52-20-12-36(32-58)26-46(52)48-28-40(60-4)14-22-54(48)62)30-50(43)56(38-10-6-8-34(2)24-38)44-18-16-41(29-49(44)55)61-51-19-11-35(31-57)25-45(51)47-27-39(59-3)13-21-53(47)61;1-33-9-5-7-11-41(33)55-43-19-17-40(62-52-22-14-36(32-58)26-46(52)48-28-38(60-4)16-24-54(48)62)30-50(43)56(42-12-8-6-10-34(42)2)44-20-18-39(29-49(44)55)61-51-21-13-35(31-57)25-45(51)47-27-37(59-3)15-23-53(47)61/h2*5-30H,1-2H3. The number of rotatable bonds is 8. The van der Waals surface area contributed by atoms with Crippen LogP contribution < -0.4 is 0 Å². The zero-order valence-corrected chi connectivity index (χ0v) is 67.4. The molecule has 0 aliphatic carbocycles. The van der Waals surface area contributed by atoms with Gasteiger partial charge in [-0.1, -0.05) is 157 Å². The highest BCUT2D eigenvalue weighted by Crippen LogP contribution is 2.51. The molecule has 0 saturated heterocycles. The molecule has 12 nitrogen and oxygen atoms in total. The Hall–Kier alpha value is -17.9. The first-order valence-electron chi connectivity index (χ1n) is 40.5. The Bertz CT molecular complexity index is 8120. The fourth-order valence-corrected chi connectivity index (χ4v) is 19.2. The molecule has 4 aromatic heterocycles. The Morgan fingerprint density at radius 1 is 0.218 bits per heavy atom. The van der Waals surface area contributed by atoms with Gasteiger partial charge in [0.25, 0.3) is 0 Å². The normalized spacial score (nSPS) is 11.3. The highest BCUT2D eigenvalue weighted by Gasteiger charge is 2.27. The topological polar surface area (TPSA) is 132 Å². The van der Waals surface area contributed by atoms with E-state index in [1.807, 2.05) is 146 Å². The number of aryl methyl sites for hydroxylation is 4. The van der Waals surface area contributed by atoms with Gasteiger partial charge in [0, 0.05) is 44.3 Å². The van der Waals surface area contributed by atoms with Crippen LogP contribution in [0, 0.1) is 99.3 Å². The van der Waals surface area contributed by atoms with Gasteiger partial charge in [-0.3, -0.25) is 0 Å². The van der Waals surface area contributed by atoms with Crippen LogP contribution in [0.4, 0.5) is 22.7 Å². The number of hydrogen-bond donors (Lipinski definition) is 0. The highest BCUT2D eigenvalue weighted by molar-refractivity contribution is 6.26. The summed E-state index contributed by atoms with van der Waals surface area (Å²) in [6.45, 7) is 39.6. The van der Waals surface area contributed by atoms with E-state index in [1.165, 1.54) is 0 Å². The molecule has 124 heavy (non-hydrogen) atoms. The van der Waals surface area contributed by atoms with Crippen molar-refractivity contribution in [2.45, 2.75) is 27.7 Å². The van der Waals surface area contributed by atoms with Crippen molar-refractivity contribution in [1.29, 1.82) is 21.0 Å². The predicted molar refractivity (Wildman–Crippen MR) is 505 cm³/mol. The SMILES string of the molecule is [C-]#[N+]c1ccc2c(c1)c1cc(C#N)ccc1n2-c1ccc2c(-c3cccc(C)c3)c3cc(-n4c5ccc(C#N)cc5c5cc([N+]#[C-])ccc54)ccc3c(-c3cccc(C)c3)c2c1.[C-]#[N+]c1ccc2c(c1)c1cc(C#N)ccc1n2-c1ccc2c(-c3ccccc3C)c3cc(-n4c5ccc(C#N)cc5c5cc([N+]#[C-])ccc54)ccc3c(-c3ccccc3C)c2c1. The zero-order valence-electron chi connectivity index (χ0n) is 67.4. The molecule has 0 aliphatic heterocycles. The number of aromatic nitrogens is 4. The van der Waals surface area contributed by atoms with Gasteiger partial charge in [-0.05, 0) is 318 Å². The van der Waals surface area contributed by atoms with Crippen LogP contribution in [-0.2, 0) is 0 Å². The van der Waals surface area contributed by atoms with E-state index in [1.54, 1.807) is 0 Å². The molecule has 0 amide bonds. The van der Waals surface area contributed by atoms with Gasteiger partial charge in [0.15, 0.2) is 22.7 Å². The molecule has 572 valence electrons. The third-order valence-corrected chi connectivity index (χ3v) is 24.7. The van der Waals surface area contributed by atoms with E-state index in [2.05, 4.69) is 259 Å². The van der Waals surface area contributed by atoms with Crippen molar-refractivity contribution in [3.05, 3.63) is 406 Å². The third kappa shape index (κ3) is 11.7. The first-order valence-corrected chi connectivity index (χ1v) is 40.5. The Morgan fingerprint density at radius 2 is 0.468 bits per heavy atom. The first-order chi connectivity index (χ1) is 60.7. The lowest BCUT2D eigenvalue weighted by molar-refractivity contribution is 1.18. The smallest absolute Gasteiger partial charge is 0.188 e. The molecule has 0 spiro atoms. The van der Waals surface area contributed by atoms with Crippen LogP contribution >= 0.6 is 0 Å². The molecule has 0 atom stereocenters. The molecule has 22 aromatic rings. The van der Waals surface area contributed by atoms with E-state index in [4.69, 9.17) is 26.3 Å². The quantitative estimate of drug-likeness (QED) is 0.111. The fourth-order valence-electron chi connectivity index (χ4n) is 19.2. The van der Waals surface area contributed by atoms with E-state index in [0.717, 1.165) is 220 Å². The van der Waals surface area contributed by atoms with Gasteiger partial charge in [0.2, 0.25) is 0 Å². The van der Waals surface area contributed by atoms with E-state index < -0.39 is 0 Å². The second-order valence-electron chi connectivity index (χ2n) is 31.8. The van der Waals surface area contributed by atoms with Crippen molar-refractivity contribution in [2.24, 2.45) is 0 Å². The Kier molecular flexibility index (Phi) is 17.3. The molecule has 0 aliphatic rings. The molecule has 0 saturated carbocycles. The summed E-state index contributed by atoms with van der Waals surface area (Å²) in [5.41, 5.74) is 29.6. The van der Waals surface area contributed by atoms with Gasteiger partial charge in [-0.25, -0.2) is 19.4 Å². The molecule has 12 heteroatoms. The Morgan fingerprint density at radius 3 is 0.726 bits per heavy atom. The average molecular weight is 1580 g/mol. The lowest BCUT2D eigenvalue weighted by Gasteiger charge is -2.22. The first kappa shape index (κ1) is 73.7. The minimum atomic E-state index is 0.550. The fraction of sp³-hybridized carbons (Fsp3) is 0.0357. The summed E-state index contributed by atoms with van der Waals surface area (Å²) in [6, 6.07) is 117. The summed E-state index contributed by atoms with van der Waals surface area (Å²) in [5, 5.41) is 55.7. The second kappa shape index (κ2) is 29.0. The van der Waals surface area contributed by atoms with Crippen molar-refractivity contribution in [3.8, 4) is 91.5 Å². The van der Waals surface area contributed by atoms with Gasteiger partial charge in [-0.2, -0.15) is 21.0 Å². The van der Waals surface area contributed by atoms with Gasteiger partial charge in [0.05, 0.1) is 117 Å². The number of nitrogens with zero attached hydrogens (tertiary/aromatic N) is 12. The Labute approximate surface area is 712 Å². The summed E-state index contributed by atoms with van der Waals surface area (Å²) in [4.78, 5) is 15.0. The molecule has 0 radical (unpaired) electrons. The maximum atomic E-state index is 9.88. The molecular weight excluding hydrogens is 1510 g/mol. The molecule has 0 N–H and O–H groups in total.